The number of rotatable bonds is 6. The number of nitrogens with zero attached hydrogens (tertiary/aromatic N) is 2. The summed E-state index contributed by atoms with van der Waals surface area (Å²) in [5.74, 6) is -0.287. The van der Waals surface area contributed by atoms with E-state index in [-0.39, 0.29) is 5.75 Å². The van der Waals surface area contributed by atoms with Crippen LogP contribution in [0.3, 0.4) is 0 Å². The smallest absolute Gasteiger partial charge is 0.165 e. The highest BCUT2D eigenvalue weighted by Gasteiger charge is 2.15. The van der Waals surface area contributed by atoms with Gasteiger partial charge in [0.2, 0.25) is 0 Å². The van der Waals surface area contributed by atoms with E-state index in [1.54, 1.807) is 6.07 Å². The van der Waals surface area contributed by atoms with Crippen LogP contribution in [0.25, 0.3) is 0 Å². The minimum atomic E-state index is -0.767. The molecule has 1 unspecified atom stereocenters. The molecule has 0 aliphatic carbocycles. The molecule has 0 bridgehead atoms. The Morgan fingerprint density at radius 2 is 2.10 bits per heavy atom. The second kappa shape index (κ2) is 6.72. The molecule has 2 rings (SSSR count). The van der Waals surface area contributed by atoms with Crippen LogP contribution in [0.5, 0.6) is 5.75 Å². The first-order valence-corrected chi connectivity index (χ1v) is 7.16. The van der Waals surface area contributed by atoms with Crippen molar-refractivity contribution in [1.82, 2.24) is 9.78 Å². The maximum atomic E-state index is 13.7. The maximum absolute atomic E-state index is 13.7. The monoisotopic (exact) mass is 292 g/mol. The Hall–Kier alpha value is -1.88. The summed E-state index contributed by atoms with van der Waals surface area (Å²) in [6.07, 6.45) is 0.497. The fourth-order valence-corrected chi connectivity index (χ4v) is 2.33. The number of aryl methyl sites for hydroxylation is 2. The number of ether oxygens (including phenoxy) is 1. The first-order valence-electron chi connectivity index (χ1n) is 7.16. The lowest BCUT2D eigenvalue weighted by Gasteiger charge is -2.13. The van der Waals surface area contributed by atoms with Crippen molar-refractivity contribution in [2.75, 3.05) is 7.11 Å². The van der Waals surface area contributed by atoms with Crippen LogP contribution in [0.1, 0.15) is 36.9 Å². The Labute approximate surface area is 124 Å². The Morgan fingerprint density at radius 1 is 1.33 bits per heavy atom. The maximum Gasteiger partial charge on any atom is 0.165 e. The summed E-state index contributed by atoms with van der Waals surface area (Å²) in [4.78, 5) is 0. The van der Waals surface area contributed by atoms with Crippen molar-refractivity contribution >= 4 is 0 Å². The van der Waals surface area contributed by atoms with Gasteiger partial charge < -0.3 is 9.84 Å². The third-order valence-corrected chi connectivity index (χ3v) is 3.54. The Kier molecular flexibility index (Phi) is 4.96. The third-order valence-electron chi connectivity index (χ3n) is 3.54. The number of hydrogen-bond acceptors (Lipinski definition) is 3. The molecule has 4 nitrogen and oxygen atoms in total. The average Bonchev–Trinajstić information content (AvgIpc) is 2.89. The van der Waals surface area contributed by atoms with Crippen LogP contribution in [0.15, 0.2) is 24.3 Å². The summed E-state index contributed by atoms with van der Waals surface area (Å²) < 4.78 is 20.5. The van der Waals surface area contributed by atoms with E-state index in [4.69, 9.17) is 4.74 Å². The highest BCUT2D eigenvalue weighted by molar-refractivity contribution is 5.31. The second-order valence-corrected chi connectivity index (χ2v) is 4.91. The SMILES string of the molecule is CCc1cc(CC(O)c2ccc(OC)c(F)c2)n(CC)n1. The van der Waals surface area contributed by atoms with Crippen LogP contribution in [-0.2, 0) is 19.4 Å². The lowest BCUT2D eigenvalue weighted by atomic mass is 10.0. The van der Waals surface area contributed by atoms with Gasteiger partial charge in [-0.05, 0) is 37.1 Å². The van der Waals surface area contributed by atoms with Gasteiger partial charge in [0, 0.05) is 18.7 Å². The van der Waals surface area contributed by atoms with Gasteiger partial charge in [-0.25, -0.2) is 4.39 Å². The van der Waals surface area contributed by atoms with E-state index in [9.17, 15) is 9.50 Å². The first-order chi connectivity index (χ1) is 10.1. The van der Waals surface area contributed by atoms with E-state index in [0.717, 1.165) is 24.4 Å². The number of benzene rings is 1. The lowest BCUT2D eigenvalue weighted by Crippen LogP contribution is -2.08. The zero-order chi connectivity index (χ0) is 15.4. The van der Waals surface area contributed by atoms with Crippen molar-refractivity contribution < 1.29 is 14.2 Å². The molecule has 114 valence electrons. The van der Waals surface area contributed by atoms with Gasteiger partial charge in [0.15, 0.2) is 11.6 Å². The molecule has 0 saturated carbocycles. The van der Waals surface area contributed by atoms with Gasteiger partial charge >= 0.3 is 0 Å². The van der Waals surface area contributed by atoms with Gasteiger partial charge in [0.1, 0.15) is 0 Å². The molecule has 0 saturated heterocycles. The third kappa shape index (κ3) is 3.42. The van der Waals surface area contributed by atoms with E-state index in [1.165, 1.54) is 19.2 Å². The van der Waals surface area contributed by atoms with Crippen LogP contribution in [-0.4, -0.2) is 22.0 Å². The minimum Gasteiger partial charge on any atom is -0.494 e. The van der Waals surface area contributed by atoms with Crippen LogP contribution in [0.2, 0.25) is 0 Å². The molecule has 0 amide bonds. The summed E-state index contributed by atoms with van der Waals surface area (Å²) in [6, 6.07) is 6.52. The van der Waals surface area contributed by atoms with Gasteiger partial charge in [-0.1, -0.05) is 13.0 Å². The molecule has 1 atom stereocenters. The summed E-state index contributed by atoms with van der Waals surface area (Å²) in [5, 5.41) is 14.8. The van der Waals surface area contributed by atoms with Gasteiger partial charge in [-0.3, -0.25) is 4.68 Å². The minimum absolute atomic E-state index is 0.179. The molecule has 1 N–H and O–H groups in total. The molecule has 1 aromatic carbocycles. The molecule has 1 aromatic heterocycles. The molecule has 0 spiro atoms. The fourth-order valence-electron chi connectivity index (χ4n) is 2.33. The molecule has 21 heavy (non-hydrogen) atoms. The molecular weight excluding hydrogens is 271 g/mol. The second-order valence-electron chi connectivity index (χ2n) is 4.91. The Morgan fingerprint density at radius 3 is 2.67 bits per heavy atom. The average molecular weight is 292 g/mol. The number of aliphatic hydroxyl groups is 1. The summed E-state index contributed by atoms with van der Waals surface area (Å²) in [5.41, 5.74) is 2.49. The van der Waals surface area contributed by atoms with Crippen LogP contribution in [0, 0.1) is 5.82 Å². The predicted molar refractivity (Wildman–Crippen MR) is 78.9 cm³/mol. The van der Waals surface area contributed by atoms with Crippen molar-refractivity contribution in [2.24, 2.45) is 0 Å². The molecule has 5 heteroatoms. The standard InChI is InChI=1S/C16H21FN2O2/c1-4-12-9-13(19(5-2)18-12)10-15(20)11-6-7-16(21-3)14(17)8-11/h6-9,15,20H,4-5,10H2,1-3H3. The number of halogens is 1. The van der Waals surface area contributed by atoms with Gasteiger partial charge in [0.05, 0.1) is 18.9 Å². The van der Waals surface area contributed by atoms with E-state index in [0.29, 0.717) is 12.0 Å². The zero-order valence-corrected chi connectivity index (χ0v) is 12.6. The summed E-state index contributed by atoms with van der Waals surface area (Å²) in [6.45, 7) is 4.80. The lowest BCUT2D eigenvalue weighted by molar-refractivity contribution is 0.175. The molecule has 0 aliphatic heterocycles. The van der Waals surface area contributed by atoms with E-state index in [2.05, 4.69) is 5.10 Å². The number of hydrogen-bond donors (Lipinski definition) is 1. The number of methoxy groups -OCH3 is 1. The molecule has 0 aliphatic rings. The predicted octanol–water partition coefficient (Wildman–Crippen LogP) is 2.89. The van der Waals surface area contributed by atoms with E-state index < -0.39 is 11.9 Å². The first kappa shape index (κ1) is 15.5. The highest BCUT2D eigenvalue weighted by Crippen LogP contribution is 2.24. The van der Waals surface area contributed by atoms with Crippen molar-refractivity contribution in [2.45, 2.75) is 39.3 Å². The Bertz CT molecular complexity index is 610. The Balaban J connectivity index is 2.19. The van der Waals surface area contributed by atoms with Crippen molar-refractivity contribution in [3.63, 3.8) is 0 Å². The molecular formula is C16H21FN2O2. The summed E-state index contributed by atoms with van der Waals surface area (Å²) in [7, 11) is 1.42. The van der Waals surface area contributed by atoms with E-state index >= 15 is 0 Å². The number of aromatic nitrogens is 2. The van der Waals surface area contributed by atoms with Gasteiger partial charge in [-0.15, -0.1) is 0 Å². The fraction of sp³-hybridized carbons (Fsp3) is 0.438. The number of aliphatic hydroxyl groups excluding tert-OH is 1. The van der Waals surface area contributed by atoms with Crippen molar-refractivity contribution in [1.29, 1.82) is 0 Å². The van der Waals surface area contributed by atoms with Crippen LogP contribution < -0.4 is 4.74 Å². The van der Waals surface area contributed by atoms with Crippen molar-refractivity contribution in [3.8, 4) is 5.75 Å². The molecule has 0 radical (unpaired) electrons. The van der Waals surface area contributed by atoms with Crippen LogP contribution in [0.4, 0.5) is 4.39 Å². The quantitative estimate of drug-likeness (QED) is 0.890. The molecule has 2 aromatic rings. The van der Waals surface area contributed by atoms with Crippen LogP contribution >= 0.6 is 0 Å². The molecule has 0 fully saturated rings. The topological polar surface area (TPSA) is 47.3 Å². The van der Waals surface area contributed by atoms with Gasteiger partial charge in [0.25, 0.3) is 0 Å². The highest BCUT2D eigenvalue weighted by atomic mass is 19.1. The van der Waals surface area contributed by atoms with E-state index in [1.807, 2.05) is 24.6 Å². The van der Waals surface area contributed by atoms with Crippen molar-refractivity contribution in [3.05, 3.63) is 47.0 Å². The summed E-state index contributed by atoms with van der Waals surface area (Å²) >= 11 is 0. The zero-order valence-electron chi connectivity index (χ0n) is 12.6. The largest absolute Gasteiger partial charge is 0.494 e. The van der Waals surface area contributed by atoms with Gasteiger partial charge in [-0.2, -0.15) is 5.10 Å². The normalized spacial score (nSPS) is 12.4. The molecule has 1 heterocycles.